The number of nitrogens with two attached hydrogens (primary N) is 1. The first kappa shape index (κ1) is 10.3. The first-order valence-electron chi connectivity index (χ1n) is 5.49. The second-order valence-corrected chi connectivity index (χ2v) is 4.40. The smallest absolute Gasteiger partial charge is 0.222 e. The van der Waals surface area contributed by atoms with Crippen molar-refractivity contribution >= 4 is 11.9 Å². The fourth-order valence-electron chi connectivity index (χ4n) is 1.78. The molecule has 1 unspecified atom stereocenters. The molecule has 1 saturated heterocycles. The van der Waals surface area contributed by atoms with Crippen LogP contribution in [0.4, 0.5) is 0 Å². The predicted octanol–water partition coefficient (Wildman–Crippen LogP) is -0.326. The molecular weight excluding hydrogens is 192 g/mol. The zero-order valence-electron chi connectivity index (χ0n) is 9.07. The summed E-state index contributed by atoms with van der Waals surface area (Å²) in [7, 11) is 1.82. The Kier molecular flexibility index (Phi) is 2.79. The van der Waals surface area contributed by atoms with Crippen molar-refractivity contribution in [3.8, 4) is 0 Å². The van der Waals surface area contributed by atoms with Crippen molar-refractivity contribution in [3.63, 3.8) is 0 Å². The van der Waals surface area contributed by atoms with Crippen molar-refractivity contribution in [1.29, 1.82) is 0 Å². The highest BCUT2D eigenvalue weighted by Crippen LogP contribution is 2.23. The number of piperidine rings is 1. The summed E-state index contributed by atoms with van der Waals surface area (Å²) in [5.74, 6) is 0.746. The van der Waals surface area contributed by atoms with E-state index in [1.54, 1.807) is 4.90 Å². The fourth-order valence-corrected chi connectivity index (χ4v) is 1.78. The second-order valence-electron chi connectivity index (χ2n) is 4.40. The highest BCUT2D eigenvalue weighted by atomic mass is 16.2. The van der Waals surface area contributed by atoms with Crippen molar-refractivity contribution < 1.29 is 4.79 Å². The van der Waals surface area contributed by atoms with E-state index in [1.807, 2.05) is 7.05 Å². The van der Waals surface area contributed by atoms with Crippen LogP contribution in [0.5, 0.6) is 0 Å². The molecule has 1 aliphatic heterocycles. The minimum atomic E-state index is 0.214. The quantitative estimate of drug-likeness (QED) is 0.484. The molecule has 5 nitrogen and oxygen atoms in total. The topological polar surface area (TPSA) is 70.7 Å². The molecule has 0 aromatic carbocycles. The van der Waals surface area contributed by atoms with E-state index in [4.69, 9.17) is 5.73 Å². The molecular formula is C10H18N4O. The zero-order chi connectivity index (χ0) is 10.8. The monoisotopic (exact) mass is 210 g/mol. The summed E-state index contributed by atoms with van der Waals surface area (Å²) in [5.41, 5.74) is 5.76. The molecule has 0 aromatic heterocycles. The van der Waals surface area contributed by atoms with Crippen LogP contribution in [0.1, 0.15) is 25.7 Å². The number of carbonyl (C=O) groups is 1. The molecule has 0 bridgehead atoms. The zero-order valence-corrected chi connectivity index (χ0v) is 9.07. The second kappa shape index (κ2) is 4.08. The summed E-state index contributed by atoms with van der Waals surface area (Å²) in [4.78, 5) is 17.3. The lowest BCUT2D eigenvalue weighted by molar-refractivity contribution is -0.132. The summed E-state index contributed by atoms with van der Waals surface area (Å²) in [6.45, 7) is 0.722. The molecule has 2 fully saturated rings. The number of rotatable bonds is 2. The first-order chi connectivity index (χ1) is 7.15. The lowest BCUT2D eigenvalue weighted by atomic mass is 10.1. The van der Waals surface area contributed by atoms with Crippen molar-refractivity contribution in [2.24, 2.45) is 10.7 Å². The van der Waals surface area contributed by atoms with Crippen molar-refractivity contribution in [2.75, 3.05) is 13.6 Å². The maximum Gasteiger partial charge on any atom is 0.222 e. The van der Waals surface area contributed by atoms with Crippen LogP contribution in [0.15, 0.2) is 4.99 Å². The molecule has 2 aliphatic rings. The highest BCUT2D eigenvalue weighted by Gasteiger charge is 2.24. The van der Waals surface area contributed by atoms with Gasteiger partial charge in [-0.25, -0.2) is 0 Å². The average Bonchev–Trinajstić information content (AvgIpc) is 2.95. The largest absolute Gasteiger partial charge is 0.370 e. The van der Waals surface area contributed by atoms with Gasteiger partial charge < -0.3 is 16.0 Å². The molecule has 0 spiro atoms. The lowest BCUT2D eigenvalue weighted by Crippen LogP contribution is -2.50. The minimum absolute atomic E-state index is 0.214. The molecule has 84 valence electrons. The lowest BCUT2D eigenvalue weighted by Gasteiger charge is -2.30. The van der Waals surface area contributed by atoms with Gasteiger partial charge in [0.05, 0.1) is 6.04 Å². The molecule has 5 heteroatoms. The summed E-state index contributed by atoms with van der Waals surface area (Å²) >= 11 is 0. The molecule has 0 aromatic rings. The van der Waals surface area contributed by atoms with Gasteiger partial charge in [0.15, 0.2) is 5.96 Å². The number of likely N-dealkylation sites (N-methyl/N-ethyl adjacent to an activating group) is 1. The number of nitrogens with zero attached hydrogens (tertiary/aromatic N) is 2. The maximum atomic E-state index is 11.2. The van der Waals surface area contributed by atoms with Crippen LogP contribution in [0.25, 0.3) is 0 Å². The van der Waals surface area contributed by atoms with Crippen LogP contribution in [-0.2, 0) is 4.79 Å². The molecule has 1 saturated carbocycles. The summed E-state index contributed by atoms with van der Waals surface area (Å²) in [5, 5.41) is 3.18. The number of hydrogen-bond acceptors (Lipinski definition) is 2. The maximum absolute atomic E-state index is 11.2. The highest BCUT2D eigenvalue weighted by molar-refractivity contribution is 5.80. The number of amides is 1. The van der Waals surface area contributed by atoms with E-state index in [9.17, 15) is 4.79 Å². The number of guanidine groups is 1. The molecule has 1 amide bonds. The van der Waals surface area contributed by atoms with Crippen LogP contribution in [0.3, 0.4) is 0 Å². The van der Waals surface area contributed by atoms with Crippen molar-refractivity contribution in [2.45, 2.75) is 37.8 Å². The fraction of sp³-hybridized carbons (Fsp3) is 0.800. The van der Waals surface area contributed by atoms with Gasteiger partial charge >= 0.3 is 0 Å². The van der Waals surface area contributed by atoms with Gasteiger partial charge in [0, 0.05) is 26.1 Å². The van der Waals surface area contributed by atoms with E-state index in [0.29, 0.717) is 18.4 Å². The standard InChI is InChI=1S/C10H18N4O/c1-14-6-8(4-5-9(14)15)13-10(11)12-7-2-3-7/h7-8H,2-6H2,1H3,(H3,11,12,13). The van der Waals surface area contributed by atoms with E-state index >= 15 is 0 Å². The number of nitrogens with one attached hydrogen (secondary N) is 1. The third-order valence-corrected chi connectivity index (χ3v) is 2.85. The number of carbonyl (C=O) groups excluding carboxylic acids is 1. The van der Waals surface area contributed by atoms with Crippen molar-refractivity contribution in [3.05, 3.63) is 0 Å². The Morgan fingerprint density at radius 1 is 1.53 bits per heavy atom. The van der Waals surface area contributed by atoms with E-state index in [0.717, 1.165) is 25.8 Å². The molecule has 2 rings (SSSR count). The third kappa shape index (κ3) is 2.84. The van der Waals surface area contributed by atoms with E-state index in [2.05, 4.69) is 10.3 Å². The molecule has 1 atom stereocenters. The van der Waals surface area contributed by atoms with Gasteiger partial charge in [0.2, 0.25) is 5.91 Å². The van der Waals surface area contributed by atoms with Gasteiger partial charge in [0.1, 0.15) is 0 Å². The minimum Gasteiger partial charge on any atom is -0.370 e. The normalized spacial score (nSPS) is 28.1. The Balaban J connectivity index is 1.81. The van der Waals surface area contributed by atoms with Gasteiger partial charge in [-0.2, -0.15) is 0 Å². The molecule has 3 N–H and O–H groups in total. The third-order valence-electron chi connectivity index (χ3n) is 2.85. The molecule has 0 radical (unpaired) electrons. The van der Waals surface area contributed by atoms with Gasteiger partial charge in [-0.3, -0.25) is 9.79 Å². The SMILES string of the molecule is CN1CC(NC(N)=NC2CC2)CCC1=O. The van der Waals surface area contributed by atoms with E-state index < -0.39 is 0 Å². The van der Waals surface area contributed by atoms with Crippen LogP contribution >= 0.6 is 0 Å². The Morgan fingerprint density at radius 2 is 2.27 bits per heavy atom. The van der Waals surface area contributed by atoms with E-state index in [-0.39, 0.29) is 11.9 Å². The Hall–Kier alpha value is -1.26. The van der Waals surface area contributed by atoms with Crippen molar-refractivity contribution in [1.82, 2.24) is 10.2 Å². The number of likely N-dealkylation sites (tertiary alicyclic amines) is 1. The van der Waals surface area contributed by atoms with Gasteiger partial charge in [-0.05, 0) is 19.3 Å². The Labute approximate surface area is 89.7 Å². The Bertz CT molecular complexity index is 285. The van der Waals surface area contributed by atoms with Gasteiger partial charge in [-0.15, -0.1) is 0 Å². The molecule has 15 heavy (non-hydrogen) atoms. The summed E-state index contributed by atoms with van der Waals surface area (Å²) in [6, 6.07) is 0.704. The average molecular weight is 210 g/mol. The molecule has 1 heterocycles. The number of hydrogen-bond donors (Lipinski definition) is 2. The Morgan fingerprint density at radius 3 is 2.87 bits per heavy atom. The summed E-state index contributed by atoms with van der Waals surface area (Å²) in [6.07, 6.45) is 3.77. The summed E-state index contributed by atoms with van der Waals surface area (Å²) < 4.78 is 0. The van der Waals surface area contributed by atoms with Crippen LogP contribution in [0.2, 0.25) is 0 Å². The van der Waals surface area contributed by atoms with Crippen LogP contribution < -0.4 is 11.1 Å². The first-order valence-corrected chi connectivity index (χ1v) is 5.49. The van der Waals surface area contributed by atoms with E-state index in [1.165, 1.54) is 0 Å². The van der Waals surface area contributed by atoms with Crippen LogP contribution in [0, 0.1) is 0 Å². The van der Waals surface area contributed by atoms with Gasteiger partial charge in [-0.1, -0.05) is 0 Å². The predicted molar refractivity (Wildman–Crippen MR) is 58.4 cm³/mol. The van der Waals surface area contributed by atoms with Gasteiger partial charge in [0.25, 0.3) is 0 Å². The van der Waals surface area contributed by atoms with Crippen LogP contribution in [-0.4, -0.2) is 42.4 Å². The number of aliphatic imine (C=N–C) groups is 1. The molecule has 1 aliphatic carbocycles.